The van der Waals surface area contributed by atoms with Crippen LogP contribution in [-0.2, 0) is 4.79 Å². The molecule has 0 aliphatic carbocycles. The van der Waals surface area contributed by atoms with Gasteiger partial charge in [-0.05, 0) is 37.0 Å². The highest BCUT2D eigenvalue weighted by Gasteiger charge is 2.32. The van der Waals surface area contributed by atoms with Crippen LogP contribution in [0.1, 0.15) is 34.9 Å². The van der Waals surface area contributed by atoms with Crippen molar-refractivity contribution in [3.05, 3.63) is 40.2 Å². The molecule has 3 aromatic rings. The lowest BCUT2D eigenvalue weighted by Crippen LogP contribution is -2.23. The molecule has 1 aliphatic rings. The van der Waals surface area contributed by atoms with E-state index in [9.17, 15) is 4.79 Å². The monoisotopic (exact) mass is 299 g/mol. The fourth-order valence-corrected chi connectivity index (χ4v) is 3.48. The third-order valence-electron chi connectivity index (χ3n) is 3.78. The fraction of sp³-hybridized carbons (Fsp3) is 0.286. The summed E-state index contributed by atoms with van der Waals surface area (Å²) >= 11 is 1.39. The number of nitrogens with one attached hydrogen (secondary N) is 1. The van der Waals surface area contributed by atoms with Crippen LogP contribution >= 0.6 is 11.5 Å². The molecule has 0 spiro atoms. The number of carbonyl (C=O) groups excluding carboxylic acids is 1. The van der Waals surface area contributed by atoms with Gasteiger partial charge >= 0.3 is 0 Å². The first-order valence-corrected chi connectivity index (χ1v) is 7.53. The number of rotatable bonds is 1. The largest absolute Gasteiger partial charge is 0.309 e. The number of carbonyl (C=O) groups is 1. The highest BCUT2D eigenvalue weighted by molar-refractivity contribution is 7.03. The SMILES string of the molecule is Cc1cc(C)n2nc3c(c2n1)C(c1cnsc1)CC(=O)N3. The summed E-state index contributed by atoms with van der Waals surface area (Å²) < 4.78 is 5.96. The second kappa shape index (κ2) is 4.36. The van der Waals surface area contributed by atoms with Crippen LogP contribution in [0.3, 0.4) is 0 Å². The quantitative estimate of drug-likeness (QED) is 0.748. The van der Waals surface area contributed by atoms with Gasteiger partial charge in [-0.1, -0.05) is 0 Å². The van der Waals surface area contributed by atoms with E-state index in [0.717, 1.165) is 28.2 Å². The van der Waals surface area contributed by atoms with Gasteiger partial charge in [0.2, 0.25) is 5.91 Å². The van der Waals surface area contributed by atoms with Gasteiger partial charge in [-0.25, -0.2) is 13.9 Å². The van der Waals surface area contributed by atoms with Gasteiger partial charge in [-0.15, -0.1) is 5.10 Å². The molecule has 1 N–H and O–H groups in total. The van der Waals surface area contributed by atoms with Crippen LogP contribution < -0.4 is 5.32 Å². The second-order valence-corrected chi connectivity index (χ2v) is 5.96. The highest BCUT2D eigenvalue weighted by atomic mass is 32.1. The molecule has 0 aromatic carbocycles. The molecular formula is C14H13N5OS. The average molecular weight is 299 g/mol. The molecule has 21 heavy (non-hydrogen) atoms. The van der Waals surface area contributed by atoms with E-state index in [4.69, 9.17) is 0 Å². The van der Waals surface area contributed by atoms with Crippen molar-refractivity contribution < 1.29 is 4.79 Å². The first-order valence-electron chi connectivity index (χ1n) is 6.69. The number of fused-ring (bicyclic) bond motifs is 3. The van der Waals surface area contributed by atoms with Gasteiger partial charge in [0.25, 0.3) is 0 Å². The number of nitrogens with zero attached hydrogens (tertiary/aromatic N) is 4. The Morgan fingerprint density at radius 2 is 2.29 bits per heavy atom. The van der Waals surface area contributed by atoms with Crippen molar-refractivity contribution in [2.45, 2.75) is 26.2 Å². The summed E-state index contributed by atoms with van der Waals surface area (Å²) in [6.45, 7) is 3.96. The molecule has 1 atom stereocenters. The van der Waals surface area contributed by atoms with Crippen LogP contribution in [0.25, 0.3) is 5.65 Å². The summed E-state index contributed by atoms with van der Waals surface area (Å²) in [5.74, 6) is 0.568. The maximum Gasteiger partial charge on any atom is 0.226 e. The van der Waals surface area contributed by atoms with E-state index >= 15 is 0 Å². The number of hydrogen-bond donors (Lipinski definition) is 1. The second-order valence-electron chi connectivity index (χ2n) is 5.30. The minimum Gasteiger partial charge on any atom is -0.309 e. The van der Waals surface area contributed by atoms with Crippen molar-refractivity contribution in [3.63, 3.8) is 0 Å². The van der Waals surface area contributed by atoms with Gasteiger partial charge in [-0.3, -0.25) is 4.79 Å². The van der Waals surface area contributed by atoms with Crippen molar-refractivity contribution in [1.29, 1.82) is 0 Å². The Morgan fingerprint density at radius 1 is 1.43 bits per heavy atom. The van der Waals surface area contributed by atoms with Crippen molar-refractivity contribution in [3.8, 4) is 0 Å². The summed E-state index contributed by atoms with van der Waals surface area (Å²) in [7, 11) is 0. The van der Waals surface area contributed by atoms with Crippen LogP contribution in [0.4, 0.5) is 5.82 Å². The summed E-state index contributed by atoms with van der Waals surface area (Å²) in [5.41, 5.74) is 4.80. The average Bonchev–Trinajstić information content (AvgIpc) is 3.05. The Balaban J connectivity index is 2.03. The minimum atomic E-state index is -0.0290. The summed E-state index contributed by atoms with van der Waals surface area (Å²) in [6, 6.07) is 1.98. The Kier molecular flexibility index (Phi) is 2.58. The molecule has 7 heteroatoms. The lowest BCUT2D eigenvalue weighted by Gasteiger charge is -2.20. The zero-order valence-electron chi connectivity index (χ0n) is 11.6. The molecule has 1 unspecified atom stereocenters. The molecular weight excluding hydrogens is 286 g/mol. The Morgan fingerprint density at radius 3 is 3.05 bits per heavy atom. The maximum atomic E-state index is 12.0. The number of aromatic nitrogens is 4. The number of amides is 1. The van der Waals surface area contributed by atoms with E-state index in [1.807, 2.05) is 31.5 Å². The number of aryl methyl sites for hydroxylation is 2. The Bertz CT molecular complexity index is 852. The lowest BCUT2D eigenvalue weighted by atomic mass is 9.89. The molecule has 1 aliphatic heterocycles. The molecule has 4 heterocycles. The summed E-state index contributed by atoms with van der Waals surface area (Å²) in [6.07, 6.45) is 2.23. The van der Waals surface area contributed by atoms with Crippen molar-refractivity contribution in [2.24, 2.45) is 0 Å². The number of anilines is 1. The van der Waals surface area contributed by atoms with Crippen LogP contribution in [0.2, 0.25) is 0 Å². The van der Waals surface area contributed by atoms with Gasteiger partial charge in [0.1, 0.15) is 0 Å². The van der Waals surface area contributed by atoms with Crippen LogP contribution in [-0.4, -0.2) is 24.9 Å². The van der Waals surface area contributed by atoms with Gasteiger partial charge in [0, 0.05) is 40.9 Å². The molecule has 0 saturated heterocycles. The van der Waals surface area contributed by atoms with Gasteiger partial charge in [-0.2, -0.15) is 0 Å². The van der Waals surface area contributed by atoms with Gasteiger partial charge in [0.15, 0.2) is 11.5 Å². The Labute approximate surface area is 125 Å². The molecule has 6 nitrogen and oxygen atoms in total. The van der Waals surface area contributed by atoms with Crippen LogP contribution in [0, 0.1) is 13.8 Å². The molecule has 0 bridgehead atoms. The van der Waals surface area contributed by atoms with Crippen LogP contribution in [0.5, 0.6) is 0 Å². The van der Waals surface area contributed by atoms with Gasteiger partial charge in [0.05, 0.1) is 0 Å². The third-order valence-corrected chi connectivity index (χ3v) is 4.39. The zero-order valence-corrected chi connectivity index (χ0v) is 12.4. The van der Waals surface area contributed by atoms with E-state index < -0.39 is 0 Å². The first kappa shape index (κ1) is 12.5. The normalized spacial score (nSPS) is 17.8. The Hall–Kier alpha value is -2.28. The molecule has 0 fully saturated rings. The standard InChI is InChI=1S/C14H13N5OS/c1-7-3-8(2)19-14(16-7)12-10(9-5-15-21-6-9)4-11(20)17-13(12)18-19/h3,5-6,10H,4H2,1-2H3,(H,17,18,20). The van der Waals surface area contributed by atoms with Crippen molar-refractivity contribution in [1.82, 2.24) is 19.0 Å². The zero-order chi connectivity index (χ0) is 14.6. The maximum absolute atomic E-state index is 12.0. The molecule has 106 valence electrons. The van der Waals surface area contributed by atoms with Crippen molar-refractivity contribution >= 4 is 28.9 Å². The first-order chi connectivity index (χ1) is 10.1. The topological polar surface area (TPSA) is 72.2 Å². The number of hydrogen-bond acceptors (Lipinski definition) is 5. The predicted octanol–water partition coefficient (Wildman–Crippen LogP) is 2.28. The minimum absolute atomic E-state index is 0.0171. The lowest BCUT2D eigenvalue weighted by molar-refractivity contribution is -0.116. The van der Waals surface area contributed by atoms with Crippen molar-refractivity contribution in [2.75, 3.05) is 5.32 Å². The smallest absolute Gasteiger partial charge is 0.226 e. The summed E-state index contributed by atoms with van der Waals surface area (Å²) in [4.78, 5) is 16.6. The van der Waals surface area contributed by atoms with Crippen LogP contribution in [0.15, 0.2) is 17.6 Å². The van der Waals surface area contributed by atoms with E-state index in [1.54, 1.807) is 4.52 Å². The molecule has 0 saturated carbocycles. The molecule has 0 radical (unpaired) electrons. The third kappa shape index (κ3) is 1.84. The van der Waals surface area contributed by atoms with E-state index in [2.05, 4.69) is 19.8 Å². The van der Waals surface area contributed by atoms with E-state index in [0.29, 0.717) is 12.2 Å². The molecule has 4 rings (SSSR count). The fourth-order valence-electron chi connectivity index (χ4n) is 2.89. The predicted molar refractivity (Wildman–Crippen MR) is 79.7 cm³/mol. The van der Waals surface area contributed by atoms with E-state index in [1.165, 1.54) is 11.5 Å². The summed E-state index contributed by atoms with van der Waals surface area (Å²) in [5, 5.41) is 9.36. The highest BCUT2D eigenvalue weighted by Crippen LogP contribution is 2.39. The van der Waals surface area contributed by atoms with Gasteiger partial charge < -0.3 is 5.32 Å². The molecule has 1 amide bonds. The van der Waals surface area contributed by atoms with E-state index in [-0.39, 0.29) is 11.8 Å². The molecule has 3 aromatic heterocycles.